The Balaban J connectivity index is 1.75. The number of rotatable bonds is 2. The number of hydrogen-bond donors (Lipinski definition) is 1. The lowest BCUT2D eigenvalue weighted by Gasteiger charge is -2.31. The number of anilines is 2. The molecule has 2 aliphatic rings. The number of nitrogen functional groups attached to an aromatic ring is 1. The molecule has 3 nitrogen and oxygen atoms in total. The first kappa shape index (κ1) is 13.5. The summed E-state index contributed by atoms with van der Waals surface area (Å²) in [5.74, 6) is 1.66. The van der Waals surface area contributed by atoms with Crippen LogP contribution in [0.1, 0.15) is 44.6 Å². The molecule has 2 N–H and O–H groups in total. The number of carbonyl (C=O) groups is 1. The molecule has 1 heterocycles. The second-order valence-corrected chi connectivity index (χ2v) is 6.48. The second-order valence-electron chi connectivity index (χ2n) is 6.48. The van der Waals surface area contributed by atoms with E-state index >= 15 is 0 Å². The van der Waals surface area contributed by atoms with Crippen molar-refractivity contribution in [2.24, 2.45) is 11.8 Å². The van der Waals surface area contributed by atoms with Crippen LogP contribution in [0, 0.1) is 11.8 Å². The normalized spacial score (nSPS) is 25.6. The van der Waals surface area contributed by atoms with Crippen molar-refractivity contribution >= 4 is 17.3 Å². The number of nitrogens with two attached hydrogens (primary N) is 1. The first-order chi connectivity index (χ1) is 9.65. The van der Waals surface area contributed by atoms with Crippen LogP contribution in [-0.2, 0) is 11.2 Å². The monoisotopic (exact) mass is 272 g/mol. The fourth-order valence-corrected chi connectivity index (χ4v) is 3.78. The van der Waals surface area contributed by atoms with E-state index in [0.29, 0.717) is 12.3 Å². The molecule has 3 rings (SSSR count). The Morgan fingerprint density at radius 2 is 2.25 bits per heavy atom. The average Bonchev–Trinajstić information content (AvgIpc) is 2.84. The molecule has 1 aromatic carbocycles. The summed E-state index contributed by atoms with van der Waals surface area (Å²) in [6.45, 7) is 3.14. The van der Waals surface area contributed by atoms with Crippen molar-refractivity contribution < 1.29 is 4.79 Å². The smallest absolute Gasteiger partial charge is 0.227 e. The summed E-state index contributed by atoms with van der Waals surface area (Å²) in [5, 5.41) is 0. The minimum absolute atomic E-state index is 0.288. The quantitative estimate of drug-likeness (QED) is 0.839. The molecule has 3 heteroatoms. The van der Waals surface area contributed by atoms with Crippen LogP contribution in [0.15, 0.2) is 18.2 Å². The number of nitrogens with zero attached hydrogens (tertiary/aromatic N) is 1. The molecule has 0 radical (unpaired) electrons. The van der Waals surface area contributed by atoms with Gasteiger partial charge in [-0.05, 0) is 55.2 Å². The van der Waals surface area contributed by atoms with Crippen LogP contribution in [0.5, 0.6) is 0 Å². The molecule has 2 unspecified atom stereocenters. The summed E-state index contributed by atoms with van der Waals surface area (Å²) < 4.78 is 0. The maximum absolute atomic E-state index is 12.6. The zero-order chi connectivity index (χ0) is 14.1. The van der Waals surface area contributed by atoms with E-state index in [2.05, 4.69) is 6.92 Å². The van der Waals surface area contributed by atoms with Crippen molar-refractivity contribution in [3.63, 3.8) is 0 Å². The summed E-state index contributed by atoms with van der Waals surface area (Å²) in [4.78, 5) is 14.6. The number of carbonyl (C=O) groups excluding carboxylic acids is 1. The highest BCUT2D eigenvalue weighted by atomic mass is 16.2. The van der Waals surface area contributed by atoms with Gasteiger partial charge in [-0.2, -0.15) is 0 Å². The van der Waals surface area contributed by atoms with Crippen LogP contribution in [0.4, 0.5) is 11.4 Å². The molecule has 1 amide bonds. The molecule has 1 aliphatic carbocycles. The fourth-order valence-electron chi connectivity index (χ4n) is 3.78. The average molecular weight is 272 g/mol. The summed E-state index contributed by atoms with van der Waals surface area (Å²) >= 11 is 0. The van der Waals surface area contributed by atoms with Gasteiger partial charge in [-0.25, -0.2) is 0 Å². The fraction of sp³-hybridized carbons (Fsp3) is 0.588. The third-order valence-electron chi connectivity index (χ3n) is 4.85. The van der Waals surface area contributed by atoms with E-state index in [1.54, 1.807) is 0 Å². The molecular formula is C17H24N2O. The Morgan fingerprint density at radius 1 is 1.40 bits per heavy atom. The second kappa shape index (κ2) is 5.47. The van der Waals surface area contributed by atoms with E-state index in [1.807, 2.05) is 23.1 Å². The molecule has 0 saturated heterocycles. The number of amides is 1. The highest BCUT2D eigenvalue weighted by Gasteiger charge is 2.28. The minimum atomic E-state index is 0.288. The van der Waals surface area contributed by atoms with E-state index in [4.69, 9.17) is 5.73 Å². The van der Waals surface area contributed by atoms with Crippen LogP contribution in [0.2, 0.25) is 0 Å². The van der Waals surface area contributed by atoms with E-state index in [1.165, 1.54) is 19.3 Å². The van der Waals surface area contributed by atoms with Crippen LogP contribution < -0.4 is 10.6 Å². The number of hydrogen-bond acceptors (Lipinski definition) is 2. The largest absolute Gasteiger partial charge is 0.398 e. The summed E-state index contributed by atoms with van der Waals surface area (Å²) in [6, 6.07) is 5.93. The van der Waals surface area contributed by atoms with Crippen molar-refractivity contribution in [2.75, 3.05) is 17.2 Å². The first-order valence-electron chi connectivity index (χ1n) is 7.83. The first-order valence-corrected chi connectivity index (χ1v) is 7.83. The van der Waals surface area contributed by atoms with Crippen LogP contribution in [0.3, 0.4) is 0 Å². The summed E-state index contributed by atoms with van der Waals surface area (Å²) in [6.07, 6.45) is 6.42. The van der Waals surface area contributed by atoms with Crippen molar-refractivity contribution in [3.8, 4) is 0 Å². The lowest BCUT2D eigenvalue weighted by atomic mass is 9.97. The van der Waals surface area contributed by atoms with Gasteiger partial charge in [0.2, 0.25) is 5.91 Å². The van der Waals surface area contributed by atoms with Crippen molar-refractivity contribution in [2.45, 2.75) is 45.4 Å². The molecule has 108 valence electrons. The molecule has 20 heavy (non-hydrogen) atoms. The van der Waals surface area contributed by atoms with E-state index in [9.17, 15) is 4.79 Å². The van der Waals surface area contributed by atoms with Gasteiger partial charge in [0.25, 0.3) is 0 Å². The lowest BCUT2D eigenvalue weighted by molar-refractivity contribution is -0.119. The SMILES string of the molecule is CC1CCC(CC(=O)N2CCCc3c(N)cccc32)C1. The lowest BCUT2D eigenvalue weighted by Crippen LogP contribution is -2.36. The molecular weight excluding hydrogens is 248 g/mol. The van der Waals surface area contributed by atoms with Gasteiger partial charge < -0.3 is 10.6 Å². The van der Waals surface area contributed by atoms with Gasteiger partial charge in [0.05, 0.1) is 0 Å². The van der Waals surface area contributed by atoms with Crippen LogP contribution >= 0.6 is 0 Å². The minimum Gasteiger partial charge on any atom is -0.398 e. The highest BCUT2D eigenvalue weighted by molar-refractivity contribution is 5.95. The maximum Gasteiger partial charge on any atom is 0.227 e. The van der Waals surface area contributed by atoms with Gasteiger partial charge in [-0.15, -0.1) is 0 Å². The molecule has 2 atom stereocenters. The third kappa shape index (κ3) is 2.54. The molecule has 1 saturated carbocycles. The maximum atomic E-state index is 12.6. The third-order valence-corrected chi connectivity index (χ3v) is 4.85. The van der Waals surface area contributed by atoms with Crippen molar-refractivity contribution in [3.05, 3.63) is 23.8 Å². The van der Waals surface area contributed by atoms with Gasteiger partial charge >= 0.3 is 0 Å². The van der Waals surface area contributed by atoms with Crippen molar-refractivity contribution in [1.29, 1.82) is 0 Å². The van der Waals surface area contributed by atoms with Crippen LogP contribution in [-0.4, -0.2) is 12.5 Å². The van der Waals surface area contributed by atoms with E-state index < -0.39 is 0 Å². The molecule has 1 aliphatic heterocycles. The Morgan fingerprint density at radius 3 is 3.00 bits per heavy atom. The zero-order valence-corrected chi connectivity index (χ0v) is 12.3. The van der Waals surface area contributed by atoms with E-state index in [0.717, 1.165) is 42.2 Å². The van der Waals surface area contributed by atoms with Gasteiger partial charge in [-0.1, -0.05) is 19.4 Å². The van der Waals surface area contributed by atoms with Crippen LogP contribution in [0.25, 0.3) is 0 Å². The molecule has 1 fully saturated rings. The number of benzene rings is 1. The Bertz CT molecular complexity index is 512. The zero-order valence-electron chi connectivity index (χ0n) is 12.3. The van der Waals surface area contributed by atoms with Gasteiger partial charge in [-0.3, -0.25) is 4.79 Å². The predicted molar refractivity (Wildman–Crippen MR) is 82.7 cm³/mol. The van der Waals surface area contributed by atoms with Gasteiger partial charge in [0.15, 0.2) is 0 Å². The molecule has 1 aromatic rings. The van der Waals surface area contributed by atoms with Gasteiger partial charge in [0.1, 0.15) is 0 Å². The Hall–Kier alpha value is -1.51. The molecule has 0 spiro atoms. The standard InChI is InChI=1S/C17H24N2O/c1-12-7-8-13(10-12)11-17(20)19-9-3-4-14-15(18)5-2-6-16(14)19/h2,5-6,12-13H,3-4,7-11,18H2,1H3. The number of fused-ring (bicyclic) bond motifs is 1. The van der Waals surface area contributed by atoms with E-state index in [-0.39, 0.29) is 5.91 Å². The van der Waals surface area contributed by atoms with Crippen molar-refractivity contribution in [1.82, 2.24) is 0 Å². The molecule has 0 bridgehead atoms. The predicted octanol–water partition coefficient (Wildman–Crippen LogP) is 3.37. The summed E-state index contributed by atoms with van der Waals surface area (Å²) in [5.41, 5.74) is 9.08. The summed E-state index contributed by atoms with van der Waals surface area (Å²) in [7, 11) is 0. The topological polar surface area (TPSA) is 46.3 Å². The Labute approximate surface area is 121 Å². The highest BCUT2D eigenvalue weighted by Crippen LogP contribution is 2.35. The Kier molecular flexibility index (Phi) is 3.68. The van der Waals surface area contributed by atoms with Gasteiger partial charge in [0, 0.05) is 24.3 Å². The molecule has 0 aromatic heterocycles.